The van der Waals surface area contributed by atoms with E-state index >= 15 is 0 Å². The molecule has 0 saturated heterocycles. The monoisotopic (exact) mass is 273 g/mol. The molecule has 0 saturated carbocycles. The lowest BCUT2D eigenvalue weighted by Crippen LogP contribution is -2.05. The molecule has 2 rings (SSSR count). The molecule has 1 heterocycles. The molecule has 2 N–H and O–H groups in total. The van der Waals surface area contributed by atoms with E-state index in [9.17, 15) is 13.2 Å². The molecule has 0 aliphatic rings. The molecule has 0 unspecified atom stereocenters. The van der Waals surface area contributed by atoms with Crippen molar-refractivity contribution >= 4 is 17.4 Å². The summed E-state index contributed by atoms with van der Waals surface area (Å²) in [5.74, 6) is 0.0269. The molecule has 3 nitrogen and oxygen atoms in total. The first-order valence-electron chi connectivity index (χ1n) is 4.83. The van der Waals surface area contributed by atoms with Crippen LogP contribution in [-0.4, -0.2) is 9.97 Å². The minimum absolute atomic E-state index is 0.0269. The Balaban J connectivity index is 2.55. The predicted octanol–water partition coefficient (Wildman–Crippen LogP) is 3.40. The topological polar surface area (TPSA) is 51.8 Å². The highest BCUT2D eigenvalue weighted by atomic mass is 35.5. The second-order valence-corrected chi connectivity index (χ2v) is 3.88. The first kappa shape index (κ1) is 12.6. The lowest BCUT2D eigenvalue weighted by molar-refractivity contribution is -0.137. The summed E-state index contributed by atoms with van der Waals surface area (Å²) in [5, 5.41) is 0.0387. The van der Waals surface area contributed by atoms with E-state index in [0.29, 0.717) is 0 Å². The van der Waals surface area contributed by atoms with Crippen LogP contribution >= 0.6 is 11.6 Å². The summed E-state index contributed by atoms with van der Waals surface area (Å²) in [6, 6.07) is 4.70. The minimum atomic E-state index is -4.42. The smallest absolute Gasteiger partial charge is 0.382 e. The van der Waals surface area contributed by atoms with Crippen molar-refractivity contribution in [3.05, 3.63) is 41.2 Å². The van der Waals surface area contributed by atoms with Crippen molar-refractivity contribution in [3.8, 4) is 11.3 Å². The van der Waals surface area contributed by atoms with Gasteiger partial charge in [0, 0.05) is 5.56 Å². The lowest BCUT2D eigenvalue weighted by atomic mass is 10.1. The summed E-state index contributed by atoms with van der Waals surface area (Å²) < 4.78 is 37.7. The summed E-state index contributed by atoms with van der Waals surface area (Å²) in [7, 11) is 0. The number of alkyl halides is 3. The van der Waals surface area contributed by atoms with E-state index in [1.54, 1.807) is 0 Å². The fourth-order valence-electron chi connectivity index (χ4n) is 1.43. The maximum Gasteiger partial charge on any atom is 0.416 e. The summed E-state index contributed by atoms with van der Waals surface area (Å²) in [4.78, 5) is 7.49. The lowest BCUT2D eigenvalue weighted by Gasteiger charge is -2.09. The molecule has 1 aromatic carbocycles. The number of halogens is 4. The molecule has 0 spiro atoms. The standard InChI is InChI=1S/C11H7ClF3N3/c12-8-9(17-5-18-10(8)16)6-2-1-3-7(4-6)11(13,14)15/h1-5H,(H2,16,17,18). The van der Waals surface area contributed by atoms with Gasteiger partial charge in [-0.15, -0.1) is 0 Å². The number of nitrogens with zero attached hydrogens (tertiary/aromatic N) is 2. The molecule has 0 amide bonds. The molecule has 2 aromatic rings. The fourth-order valence-corrected chi connectivity index (χ4v) is 1.63. The largest absolute Gasteiger partial charge is 0.416 e. The highest BCUT2D eigenvalue weighted by Crippen LogP contribution is 2.34. The van der Waals surface area contributed by atoms with Gasteiger partial charge in [-0.05, 0) is 12.1 Å². The Morgan fingerprint density at radius 3 is 2.56 bits per heavy atom. The molecule has 1 aromatic heterocycles. The maximum absolute atomic E-state index is 12.6. The van der Waals surface area contributed by atoms with E-state index in [-0.39, 0.29) is 22.1 Å². The third kappa shape index (κ3) is 2.38. The molecule has 7 heteroatoms. The van der Waals surface area contributed by atoms with Crippen molar-refractivity contribution in [1.29, 1.82) is 0 Å². The molecule has 94 valence electrons. The predicted molar refractivity (Wildman–Crippen MR) is 61.9 cm³/mol. The van der Waals surface area contributed by atoms with Gasteiger partial charge < -0.3 is 5.73 Å². The van der Waals surface area contributed by atoms with Crippen LogP contribution in [0.3, 0.4) is 0 Å². The summed E-state index contributed by atoms with van der Waals surface area (Å²) in [5.41, 5.74) is 5.12. The summed E-state index contributed by atoms with van der Waals surface area (Å²) in [6.07, 6.45) is -3.27. The Kier molecular flexibility index (Phi) is 3.13. The van der Waals surface area contributed by atoms with Gasteiger partial charge in [-0.2, -0.15) is 13.2 Å². The quantitative estimate of drug-likeness (QED) is 0.866. The molecule has 0 radical (unpaired) electrons. The van der Waals surface area contributed by atoms with Crippen LogP contribution in [0, 0.1) is 0 Å². The second kappa shape index (κ2) is 4.45. The Hall–Kier alpha value is -1.82. The SMILES string of the molecule is Nc1ncnc(-c2cccc(C(F)(F)F)c2)c1Cl. The second-order valence-electron chi connectivity index (χ2n) is 3.50. The highest BCUT2D eigenvalue weighted by Gasteiger charge is 2.30. The normalized spacial score (nSPS) is 11.6. The van der Waals surface area contributed by atoms with Crippen LogP contribution in [0.4, 0.5) is 19.0 Å². The zero-order chi connectivity index (χ0) is 13.3. The number of benzene rings is 1. The number of hydrogen-bond acceptors (Lipinski definition) is 3. The van der Waals surface area contributed by atoms with Gasteiger partial charge in [-0.25, -0.2) is 9.97 Å². The number of rotatable bonds is 1. The van der Waals surface area contributed by atoms with Crippen LogP contribution in [0.1, 0.15) is 5.56 Å². The van der Waals surface area contributed by atoms with E-state index in [1.165, 1.54) is 12.1 Å². The van der Waals surface area contributed by atoms with Gasteiger partial charge in [0.05, 0.1) is 11.3 Å². The molecule has 0 aliphatic carbocycles. The van der Waals surface area contributed by atoms with Gasteiger partial charge in [0.2, 0.25) is 0 Å². The zero-order valence-electron chi connectivity index (χ0n) is 8.87. The van der Waals surface area contributed by atoms with E-state index in [1.807, 2.05) is 0 Å². The van der Waals surface area contributed by atoms with Crippen molar-refractivity contribution in [2.45, 2.75) is 6.18 Å². The van der Waals surface area contributed by atoms with E-state index in [4.69, 9.17) is 17.3 Å². The third-order valence-electron chi connectivity index (χ3n) is 2.28. The van der Waals surface area contributed by atoms with Crippen LogP contribution < -0.4 is 5.73 Å². The van der Waals surface area contributed by atoms with Crippen molar-refractivity contribution < 1.29 is 13.2 Å². The summed E-state index contributed by atoms with van der Waals surface area (Å²) in [6.45, 7) is 0. The highest BCUT2D eigenvalue weighted by molar-refractivity contribution is 6.35. The number of anilines is 1. The Morgan fingerprint density at radius 1 is 1.17 bits per heavy atom. The van der Waals surface area contributed by atoms with Crippen molar-refractivity contribution in [2.75, 3.05) is 5.73 Å². The van der Waals surface area contributed by atoms with Gasteiger partial charge >= 0.3 is 6.18 Å². The van der Waals surface area contributed by atoms with Gasteiger partial charge in [0.25, 0.3) is 0 Å². The number of nitrogen functional groups attached to an aromatic ring is 1. The number of hydrogen-bond donors (Lipinski definition) is 1. The molecular weight excluding hydrogens is 267 g/mol. The average molecular weight is 274 g/mol. The molecule has 0 fully saturated rings. The van der Waals surface area contributed by atoms with E-state index < -0.39 is 11.7 Å². The van der Waals surface area contributed by atoms with Crippen LogP contribution in [-0.2, 0) is 6.18 Å². The average Bonchev–Trinajstić information content (AvgIpc) is 2.32. The number of aromatic nitrogens is 2. The third-order valence-corrected chi connectivity index (χ3v) is 2.65. The Morgan fingerprint density at radius 2 is 1.89 bits per heavy atom. The van der Waals surface area contributed by atoms with Crippen molar-refractivity contribution in [3.63, 3.8) is 0 Å². The zero-order valence-corrected chi connectivity index (χ0v) is 9.63. The Labute approximate surface area is 105 Å². The van der Waals surface area contributed by atoms with Crippen molar-refractivity contribution in [1.82, 2.24) is 9.97 Å². The first-order chi connectivity index (χ1) is 8.39. The fraction of sp³-hybridized carbons (Fsp3) is 0.0909. The first-order valence-corrected chi connectivity index (χ1v) is 5.21. The van der Waals surface area contributed by atoms with Gasteiger partial charge in [-0.1, -0.05) is 23.7 Å². The van der Waals surface area contributed by atoms with E-state index in [0.717, 1.165) is 18.5 Å². The van der Waals surface area contributed by atoms with Crippen LogP contribution in [0.15, 0.2) is 30.6 Å². The van der Waals surface area contributed by atoms with Gasteiger partial charge in [-0.3, -0.25) is 0 Å². The van der Waals surface area contributed by atoms with Crippen LogP contribution in [0.25, 0.3) is 11.3 Å². The molecule has 18 heavy (non-hydrogen) atoms. The van der Waals surface area contributed by atoms with Crippen LogP contribution in [0.2, 0.25) is 5.02 Å². The van der Waals surface area contributed by atoms with E-state index in [2.05, 4.69) is 9.97 Å². The van der Waals surface area contributed by atoms with Crippen molar-refractivity contribution in [2.24, 2.45) is 0 Å². The summed E-state index contributed by atoms with van der Waals surface area (Å²) >= 11 is 5.86. The van der Waals surface area contributed by atoms with Gasteiger partial charge in [0.15, 0.2) is 0 Å². The molecule has 0 bridgehead atoms. The maximum atomic E-state index is 12.6. The minimum Gasteiger partial charge on any atom is -0.382 e. The molecule has 0 atom stereocenters. The van der Waals surface area contributed by atoms with Gasteiger partial charge in [0.1, 0.15) is 17.2 Å². The molecule has 0 aliphatic heterocycles. The Bertz CT molecular complexity index is 584. The van der Waals surface area contributed by atoms with Crippen LogP contribution in [0.5, 0.6) is 0 Å². The molecular formula is C11H7ClF3N3. The number of nitrogens with two attached hydrogens (primary N) is 1.